The van der Waals surface area contributed by atoms with Crippen LogP contribution in [0, 0.1) is 5.92 Å². The van der Waals surface area contributed by atoms with Crippen LogP contribution in [0.2, 0.25) is 0 Å². The number of hydrogen-bond donors (Lipinski definition) is 2. The van der Waals surface area contributed by atoms with E-state index in [2.05, 4.69) is 5.32 Å². The highest BCUT2D eigenvalue weighted by Gasteiger charge is 2.30. The molecule has 1 saturated carbocycles. The fourth-order valence-corrected chi connectivity index (χ4v) is 2.81. The lowest BCUT2D eigenvalue weighted by Crippen LogP contribution is -2.49. The number of carbonyl (C=O) groups is 1. The van der Waals surface area contributed by atoms with E-state index in [4.69, 9.17) is 4.74 Å². The average molecular weight is 284 g/mol. The standard InChI is InChI=1S/C15H28N2O3/c1-15(2,3)20-14(19)17-6-4-5-11(10-17)9-16-12-7-13(18)8-12/h11-13,16,18H,4-10H2,1-3H3. The van der Waals surface area contributed by atoms with Gasteiger partial charge in [-0.2, -0.15) is 0 Å². The van der Waals surface area contributed by atoms with E-state index in [9.17, 15) is 9.90 Å². The topological polar surface area (TPSA) is 61.8 Å². The zero-order valence-electron chi connectivity index (χ0n) is 12.9. The summed E-state index contributed by atoms with van der Waals surface area (Å²) in [6.07, 6.45) is 3.62. The van der Waals surface area contributed by atoms with Gasteiger partial charge in [-0.15, -0.1) is 0 Å². The molecule has 1 aliphatic heterocycles. The predicted molar refractivity (Wildman–Crippen MR) is 77.6 cm³/mol. The molecule has 0 aromatic heterocycles. The summed E-state index contributed by atoms with van der Waals surface area (Å²) in [6.45, 7) is 8.20. The second-order valence-electron chi connectivity index (χ2n) is 7.17. The Morgan fingerprint density at radius 1 is 1.40 bits per heavy atom. The Kier molecular flexibility index (Phi) is 4.91. The number of amides is 1. The van der Waals surface area contributed by atoms with Crippen molar-refractivity contribution in [3.05, 3.63) is 0 Å². The normalized spacial score (nSPS) is 30.8. The Balaban J connectivity index is 1.72. The Hall–Kier alpha value is -0.810. The highest BCUT2D eigenvalue weighted by atomic mass is 16.6. The van der Waals surface area contributed by atoms with Crippen molar-refractivity contribution >= 4 is 6.09 Å². The SMILES string of the molecule is CC(C)(C)OC(=O)N1CCCC(CNC2CC(O)C2)C1. The first-order chi connectivity index (χ1) is 9.33. The Morgan fingerprint density at radius 2 is 2.10 bits per heavy atom. The van der Waals surface area contributed by atoms with Crippen LogP contribution in [0.5, 0.6) is 0 Å². The smallest absolute Gasteiger partial charge is 0.410 e. The largest absolute Gasteiger partial charge is 0.444 e. The first-order valence-electron chi connectivity index (χ1n) is 7.73. The Morgan fingerprint density at radius 3 is 2.70 bits per heavy atom. The highest BCUT2D eigenvalue weighted by molar-refractivity contribution is 5.68. The second kappa shape index (κ2) is 6.31. The third-order valence-corrected chi connectivity index (χ3v) is 3.98. The van der Waals surface area contributed by atoms with E-state index >= 15 is 0 Å². The minimum atomic E-state index is -0.426. The van der Waals surface area contributed by atoms with Gasteiger partial charge in [-0.1, -0.05) is 0 Å². The van der Waals surface area contributed by atoms with Crippen LogP contribution in [-0.4, -0.2) is 53.5 Å². The zero-order chi connectivity index (χ0) is 14.8. The summed E-state index contributed by atoms with van der Waals surface area (Å²) in [6, 6.07) is 0.460. The molecule has 1 saturated heterocycles. The van der Waals surface area contributed by atoms with Gasteiger partial charge < -0.3 is 20.1 Å². The van der Waals surface area contributed by atoms with Crippen molar-refractivity contribution in [1.82, 2.24) is 10.2 Å². The summed E-state index contributed by atoms with van der Waals surface area (Å²) in [5.74, 6) is 0.494. The molecule has 2 N–H and O–H groups in total. The van der Waals surface area contributed by atoms with E-state index in [1.807, 2.05) is 25.7 Å². The first kappa shape index (κ1) is 15.6. The lowest BCUT2D eigenvalue weighted by molar-refractivity contribution is 0.0156. The maximum Gasteiger partial charge on any atom is 0.410 e. The molecule has 2 fully saturated rings. The summed E-state index contributed by atoms with van der Waals surface area (Å²) < 4.78 is 5.43. The molecule has 0 spiro atoms. The molecule has 0 bridgehead atoms. The number of aliphatic hydroxyl groups excluding tert-OH is 1. The number of ether oxygens (including phenoxy) is 1. The summed E-state index contributed by atoms with van der Waals surface area (Å²) in [4.78, 5) is 13.9. The van der Waals surface area contributed by atoms with Crippen molar-refractivity contribution in [1.29, 1.82) is 0 Å². The van der Waals surface area contributed by atoms with Gasteiger partial charge in [0.1, 0.15) is 5.60 Å². The van der Waals surface area contributed by atoms with Gasteiger partial charge in [0, 0.05) is 19.1 Å². The van der Waals surface area contributed by atoms with Crippen molar-refractivity contribution in [2.45, 2.75) is 64.2 Å². The predicted octanol–water partition coefficient (Wildman–Crippen LogP) is 1.75. The maximum atomic E-state index is 12.1. The number of piperidine rings is 1. The van der Waals surface area contributed by atoms with Crippen molar-refractivity contribution in [3.8, 4) is 0 Å². The van der Waals surface area contributed by atoms with E-state index in [-0.39, 0.29) is 12.2 Å². The van der Waals surface area contributed by atoms with Crippen LogP contribution in [0.3, 0.4) is 0 Å². The minimum Gasteiger partial charge on any atom is -0.444 e. The van der Waals surface area contributed by atoms with Gasteiger partial charge in [0.15, 0.2) is 0 Å². The van der Waals surface area contributed by atoms with Gasteiger partial charge in [-0.25, -0.2) is 4.79 Å². The molecule has 1 aliphatic carbocycles. The second-order valence-corrected chi connectivity index (χ2v) is 7.17. The zero-order valence-corrected chi connectivity index (χ0v) is 12.9. The minimum absolute atomic E-state index is 0.114. The van der Waals surface area contributed by atoms with Crippen LogP contribution in [0.1, 0.15) is 46.5 Å². The average Bonchev–Trinajstić information content (AvgIpc) is 2.31. The van der Waals surface area contributed by atoms with Crippen LogP contribution in [-0.2, 0) is 4.74 Å². The van der Waals surface area contributed by atoms with Crippen LogP contribution in [0.4, 0.5) is 4.79 Å². The Labute approximate surface area is 121 Å². The lowest BCUT2D eigenvalue weighted by Gasteiger charge is -2.37. The molecule has 5 heteroatoms. The molecule has 2 rings (SSSR count). The molecule has 116 valence electrons. The van der Waals surface area contributed by atoms with Crippen LogP contribution in [0.25, 0.3) is 0 Å². The summed E-state index contributed by atoms with van der Waals surface area (Å²) in [7, 11) is 0. The number of nitrogens with one attached hydrogen (secondary N) is 1. The van der Waals surface area contributed by atoms with E-state index < -0.39 is 5.60 Å². The van der Waals surface area contributed by atoms with E-state index in [0.29, 0.717) is 12.0 Å². The van der Waals surface area contributed by atoms with Crippen molar-refractivity contribution < 1.29 is 14.6 Å². The van der Waals surface area contributed by atoms with Crippen LogP contribution < -0.4 is 5.32 Å². The van der Waals surface area contributed by atoms with Gasteiger partial charge in [0.2, 0.25) is 0 Å². The summed E-state index contributed by atoms with van der Waals surface area (Å²) in [5.41, 5.74) is -0.426. The quantitative estimate of drug-likeness (QED) is 0.829. The molecule has 0 aromatic rings. The van der Waals surface area contributed by atoms with Gasteiger partial charge in [-0.3, -0.25) is 0 Å². The third kappa shape index (κ3) is 4.63. The van der Waals surface area contributed by atoms with E-state index in [1.54, 1.807) is 0 Å². The molecular weight excluding hydrogens is 256 g/mol. The molecular formula is C15H28N2O3. The number of nitrogens with zero attached hydrogens (tertiary/aromatic N) is 1. The number of aliphatic hydroxyl groups is 1. The molecule has 20 heavy (non-hydrogen) atoms. The fourth-order valence-electron chi connectivity index (χ4n) is 2.81. The number of carbonyl (C=O) groups excluding carboxylic acids is 1. The van der Waals surface area contributed by atoms with Crippen molar-refractivity contribution in [2.75, 3.05) is 19.6 Å². The van der Waals surface area contributed by atoms with Gasteiger partial charge in [0.25, 0.3) is 0 Å². The van der Waals surface area contributed by atoms with Gasteiger partial charge >= 0.3 is 6.09 Å². The molecule has 0 aromatic carbocycles. The lowest BCUT2D eigenvalue weighted by atomic mass is 9.88. The number of likely N-dealkylation sites (tertiary alicyclic amines) is 1. The molecule has 0 radical (unpaired) electrons. The summed E-state index contributed by atoms with van der Waals surface area (Å²) in [5, 5.41) is 12.8. The Bertz CT molecular complexity index is 335. The van der Waals surface area contributed by atoms with Crippen molar-refractivity contribution in [2.24, 2.45) is 5.92 Å². The van der Waals surface area contributed by atoms with Crippen LogP contribution >= 0.6 is 0 Å². The third-order valence-electron chi connectivity index (χ3n) is 3.98. The van der Waals surface area contributed by atoms with Crippen molar-refractivity contribution in [3.63, 3.8) is 0 Å². The molecule has 1 amide bonds. The van der Waals surface area contributed by atoms with Gasteiger partial charge in [0.05, 0.1) is 6.10 Å². The maximum absolute atomic E-state index is 12.1. The highest BCUT2D eigenvalue weighted by Crippen LogP contribution is 2.22. The van der Waals surface area contributed by atoms with Crippen LogP contribution in [0.15, 0.2) is 0 Å². The molecule has 1 unspecified atom stereocenters. The molecule has 2 aliphatic rings. The summed E-state index contributed by atoms with van der Waals surface area (Å²) >= 11 is 0. The molecule has 1 atom stereocenters. The van der Waals surface area contributed by atoms with E-state index in [0.717, 1.165) is 45.3 Å². The van der Waals surface area contributed by atoms with E-state index in [1.165, 1.54) is 0 Å². The monoisotopic (exact) mass is 284 g/mol. The number of rotatable bonds is 3. The number of hydrogen-bond acceptors (Lipinski definition) is 4. The molecule has 5 nitrogen and oxygen atoms in total. The molecule has 1 heterocycles. The van der Waals surface area contributed by atoms with Gasteiger partial charge in [-0.05, 0) is 58.9 Å². The first-order valence-corrected chi connectivity index (χ1v) is 7.73. The fraction of sp³-hybridized carbons (Fsp3) is 0.933.